The first-order chi connectivity index (χ1) is 8.47. The molecule has 1 aromatic rings. The fourth-order valence-electron chi connectivity index (χ4n) is 2.21. The SMILES string of the molecule is CC(NCc1cnn(C(C)(C)C)c1)C1CCOC1. The maximum absolute atomic E-state index is 5.42. The average molecular weight is 251 g/mol. The van der Waals surface area contributed by atoms with Crippen molar-refractivity contribution < 1.29 is 4.74 Å². The zero-order valence-electron chi connectivity index (χ0n) is 11.9. The Balaban J connectivity index is 1.84. The van der Waals surface area contributed by atoms with Gasteiger partial charge in [0.1, 0.15) is 0 Å². The average Bonchev–Trinajstić information content (AvgIpc) is 2.96. The number of hydrogen-bond donors (Lipinski definition) is 1. The number of hydrogen-bond acceptors (Lipinski definition) is 3. The molecular formula is C14H25N3O. The molecule has 2 unspecified atom stereocenters. The third kappa shape index (κ3) is 3.33. The summed E-state index contributed by atoms with van der Waals surface area (Å²) in [5.41, 5.74) is 1.30. The van der Waals surface area contributed by atoms with Crippen LogP contribution in [-0.2, 0) is 16.8 Å². The molecule has 102 valence electrons. The van der Waals surface area contributed by atoms with E-state index in [2.05, 4.69) is 44.3 Å². The molecule has 1 aromatic heterocycles. The minimum Gasteiger partial charge on any atom is -0.381 e. The zero-order valence-corrected chi connectivity index (χ0v) is 11.9. The summed E-state index contributed by atoms with van der Waals surface area (Å²) in [7, 11) is 0. The van der Waals surface area contributed by atoms with Gasteiger partial charge in [-0.25, -0.2) is 0 Å². The van der Waals surface area contributed by atoms with Gasteiger partial charge in [0.05, 0.1) is 18.3 Å². The predicted molar refractivity (Wildman–Crippen MR) is 72.5 cm³/mol. The van der Waals surface area contributed by atoms with E-state index in [-0.39, 0.29) is 5.54 Å². The first-order valence-electron chi connectivity index (χ1n) is 6.82. The summed E-state index contributed by atoms with van der Waals surface area (Å²) < 4.78 is 7.44. The molecular weight excluding hydrogens is 226 g/mol. The van der Waals surface area contributed by atoms with E-state index in [4.69, 9.17) is 4.74 Å². The first-order valence-corrected chi connectivity index (χ1v) is 6.82. The van der Waals surface area contributed by atoms with Gasteiger partial charge in [0.25, 0.3) is 0 Å². The van der Waals surface area contributed by atoms with E-state index >= 15 is 0 Å². The summed E-state index contributed by atoms with van der Waals surface area (Å²) in [6, 6.07) is 0.505. The highest BCUT2D eigenvalue weighted by atomic mass is 16.5. The van der Waals surface area contributed by atoms with Gasteiger partial charge < -0.3 is 10.1 Å². The van der Waals surface area contributed by atoms with Gasteiger partial charge in [-0.05, 0) is 40.0 Å². The minimum absolute atomic E-state index is 0.0587. The van der Waals surface area contributed by atoms with Crippen LogP contribution < -0.4 is 5.32 Å². The van der Waals surface area contributed by atoms with Gasteiger partial charge in [-0.15, -0.1) is 0 Å². The molecule has 18 heavy (non-hydrogen) atoms. The molecule has 0 bridgehead atoms. The van der Waals surface area contributed by atoms with Crippen molar-refractivity contribution in [3.05, 3.63) is 18.0 Å². The van der Waals surface area contributed by atoms with E-state index in [1.807, 2.05) is 10.9 Å². The highest BCUT2D eigenvalue weighted by Crippen LogP contribution is 2.17. The van der Waals surface area contributed by atoms with Crippen LogP contribution in [-0.4, -0.2) is 29.0 Å². The molecule has 0 radical (unpaired) electrons. The van der Waals surface area contributed by atoms with Crippen molar-refractivity contribution >= 4 is 0 Å². The summed E-state index contributed by atoms with van der Waals surface area (Å²) >= 11 is 0. The van der Waals surface area contributed by atoms with Gasteiger partial charge in [-0.2, -0.15) is 5.10 Å². The van der Waals surface area contributed by atoms with Crippen LogP contribution >= 0.6 is 0 Å². The lowest BCUT2D eigenvalue weighted by Crippen LogP contribution is -2.33. The highest BCUT2D eigenvalue weighted by molar-refractivity contribution is 5.05. The summed E-state index contributed by atoms with van der Waals surface area (Å²) in [6.45, 7) is 11.4. The quantitative estimate of drug-likeness (QED) is 0.891. The van der Waals surface area contributed by atoms with Crippen LogP contribution in [0, 0.1) is 5.92 Å². The third-order valence-corrected chi connectivity index (χ3v) is 3.62. The monoisotopic (exact) mass is 251 g/mol. The second-order valence-electron chi connectivity index (χ2n) is 6.26. The fourth-order valence-corrected chi connectivity index (χ4v) is 2.21. The van der Waals surface area contributed by atoms with E-state index < -0.39 is 0 Å². The molecule has 0 aromatic carbocycles. The van der Waals surface area contributed by atoms with Crippen molar-refractivity contribution in [2.24, 2.45) is 5.92 Å². The van der Waals surface area contributed by atoms with Gasteiger partial charge in [0.15, 0.2) is 0 Å². The summed E-state index contributed by atoms with van der Waals surface area (Å²) in [4.78, 5) is 0. The van der Waals surface area contributed by atoms with Crippen molar-refractivity contribution in [1.82, 2.24) is 15.1 Å². The van der Waals surface area contributed by atoms with E-state index in [9.17, 15) is 0 Å². The van der Waals surface area contributed by atoms with Gasteiger partial charge in [0, 0.05) is 31.0 Å². The molecule has 0 aliphatic carbocycles. The fraction of sp³-hybridized carbons (Fsp3) is 0.786. The number of nitrogens with zero attached hydrogens (tertiary/aromatic N) is 2. The largest absolute Gasteiger partial charge is 0.381 e. The van der Waals surface area contributed by atoms with E-state index in [1.54, 1.807) is 0 Å². The van der Waals surface area contributed by atoms with Crippen LogP contribution in [0.1, 0.15) is 39.7 Å². The molecule has 0 amide bonds. The second kappa shape index (κ2) is 5.41. The minimum atomic E-state index is 0.0587. The normalized spacial score (nSPS) is 22.3. The summed E-state index contributed by atoms with van der Waals surface area (Å²) in [6.07, 6.45) is 5.26. The Labute approximate surface area is 110 Å². The molecule has 1 saturated heterocycles. The lowest BCUT2D eigenvalue weighted by atomic mass is 10.0. The first kappa shape index (κ1) is 13.6. The topological polar surface area (TPSA) is 39.1 Å². The van der Waals surface area contributed by atoms with E-state index in [0.717, 1.165) is 19.8 Å². The van der Waals surface area contributed by atoms with Gasteiger partial charge in [-0.3, -0.25) is 4.68 Å². The second-order valence-corrected chi connectivity index (χ2v) is 6.26. The van der Waals surface area contributed by atoms with Gasteiger partial charge >= 0.3 is 0 Å². The van der Waals surface area contributed by atoms with Crippen LogP contribution in [0.5, 0.6) is 0 Å². The zero-order chi connectivity index (χ0) is 13.2. The number of nitrogens with one attached hydrogen (secondary N) is 1. The summed E-state index contributed by atoms with van der Waals surface area (Å²) in [5.74, 6) is 0.655. The maximum atomic E-state index is 5.42. The van der Waals surface area contributed by atoms with E-state index in [0.29, 0.717) is 12.0 Å². The van der Waals surface area contributed by atoms with Crippen LogP contribution in [0.4, 0.5) is 0 Å². The van der Waals surface area contributed by atoms with Crippen molar-refractivity contribution in [3.63, 3.8) is 0 Å². The molecule has 0 saturated carbocycles. The van der Waals surface area contributed by atoms with Crippen molar-refractivity contribution in [1.29, 1.82) is 0 Å². The van der Waals surface area contributed by atoms with Gasteiger partial charge in [-0.1, -0.05) is 0 Å². The molecule has 2 heterocycles. The number of aromatic nitrogens is 2. The van der Waals surface area contributed by atoms with Crippen molar-refractivity contribution in [2.75, 3.05) is 13.2 Å². The van der Waals surface area contributed by atoms with E-state index in [1.165, 1.54) is 12.0 Å². The standard InChI is InChI=1S/C14H25N3O/c1-11(13-5-6-18-10-13)15-7-12-8-16-17(9-12)14(2,3)4/h8-9,11,13,15H,5-7,10H2,1-4H3. The van der Waals surface area contributed by atoms with Crippen LogP contribution in [0.15, 0.2) is 12.4 Å². The highest BCUT2D eigenvalue weighted by Gasteiger charge is 2.22. The lowest BCUT2D eigenvalue weighted by Gasteiger charge is -2.19. The molecule has 2 atom stereocenters. The predicted octanol–water partition coefficient (Wildman–Crippen LogP) is 2.15. The maximum Gasteiger partial charge on any atom is 0.0543 e. The third-order valence-electron chi connectivity index (χ3n) is 3.62. The Hall–Kier alpha value is -0.870. The lowest BCUT2D eigenvalue weighted by molar-refractivity contribution is 0.178. The van der Waals surface area contributed by atoms with Gasteiger partial charge in [0.2, 0.25) is 0 Å². The molecule has 1 aliphatic heterocycles. The molecule has 4 heteroatoms. The molecule has 1 N–H and O–H groups in total. The van der Waals surface area contributed by atoms with Crippen LogP contribution in [0.2, 0.25) is 0 Å². The Morgan fingerprint density at radius 3 is 2.89 bits per heavy atom. The van der Waals surface area contributed by atoms with Crippen LogP contribution in [0.25, 0.3) is 0 Å². The molecule has 2 rings (SSSR count). The Kier molecular flexibility index (Phi) is 4.07. The van der Waals surface area contributed by atoms with Crippen molar-refractivity contribution in [3.8, 4) is 0 Å². The summed E-state index contributed by atoms with van der Waals surface area (Å²) in [5, 5.41) is 7.99. The molecule has 4 nitrogen and oxygen atoms in total. The molecule has 1 aliphatic rings. The Morgan fingerprint density at radius 1 is 1.56 bits per heavy atom. The smallest absolute Gasteiger partial charge is 0.0543 e. The van der Waals surface area contributed by atoms with Crippen LogP contribution in [0.3, 0.4) is 0 Å². The van der Waals surface area contributed by atoms with Crippen molar-refractivity contribution in [2.45, 2.75) is 52.2 Å². The molecule has 1 fully saturated rings. The Morgan fingerprint density at radius 2 is 2.33 bits per heavy atom. The molecule has 0 spiro atoms. The Bertz CT molecular complexity index is 375. The number of ether oxygens (including phenoxy) is 1. The number of rotatable bonds is 4.